The standard InChI is InChI=1S/C17H19N3/c1-11(2)13-8-9-14-16(10-13)20(19-17(14)18)15-7-5-4-6-12(15)3/h4-11H,1-3H3,(H2,18,19). The Bertz CT molecular complexity index is 769. The number of anilines is 1. The van der Waals surface area contributed by atoms with Crippen LogP contribution in [0, 0.1) is 6.92 Å². The third kappa shape index (κ3) is 1.95. The molecule has 0 spiro atoms. The number of hydrogen-bond donors (Lipinski definition) is 1. The number of benzene rings is 2. The smallest absolute Gasteiger partial charge is 0.153 e. The first kappa shape index (κ1) is 12.7. The fraction of sp³-hybridized carbons (Fsp3) is 0.235. The highest BCUT2D eigenvalue weighted by Crippen LogP contribution is 2.28. The monoisotopic (exact) mass is 265 g/mol. The molecule has 3 aromatic rings. The second kappa shape index (κ2) is 4.67. The normalized spacial score (nSPS) is 11.4. The maximum absolute atomic E-state index is 6.06. The van der Waals surface area contributed by atoms with Gasteiger partial charge < -0.3 is 5.73 Å². The van der Waals surface area contributed by atoms with Crippen molar-refractivity contribution in [2.24, 2.45) is 0 Å². The molecule has 2 N–H and O–H groups in total. The zero-order chi connectivity index (χ0) is 14.3. The van der Waals surface area contributed by atoms with E-state index in [9.17, 15) is 0 Å². The minimum absolute atomic E-state index is 0.487. The van der Waals surface area contributed by atoms with Crippen molar-refractivity contribution in [2.75, 3.05) is 5.73 Å². The predicted octanol–water partition coefficient (Wildman–Crippen LogP) is 4.04. The number of aromatic nitrogens is 2. The first-order valence-electron chi connectivity index (χ1n) is 6.92. The minimum Gasteiger partial charge on any atom is -0.382 e. The lowest BCUT2D eigenvalue weighted by molar-refractivity contribution is 0.863. The van der Waals surface area contributed by atoms with Crippen LogP contribution in [0.3, 0.4) is 0 Å². The molecule has 0 amide bonds. The van der Waals surface area contributed by atoms with Crippen LogP contribution in [0.25, 0.3) is 16.6 Å². The van der Waals surface area contributed by atoms with Gasteiger partial charge in [0.15, 0.2) is 5.82 Å². The summed E-state index contributed by atoms with van der Waals surface area (Å²) in [5, 5.41) is 5.53. The van der Waals surface area contributed by atoms with Gasteiger partial charge in [-0.25, -0.2) is 4.68 Å². The van der Waals surface area contributed by atoms with Crippen molar-refractivity contribution in [3.8, 4) is 5.69 Å². The number of nitrogens with two attached hydrogens (primary N) is 1. The van der Waals surface area contributed by atoms with E-state index in [1.165, 1.54) is 11.1 Å². The van der Waals surface area contributed by atoms with E-state index in [0.29, 0.717) is 11.7 Å². The number of fused-ring (bicyclic) bond motifs is 1. The van der Waals surface area contributed by atoms with Crippen molar-refractivity contribution in [2.45, 2.75) is 26.7 Å². The van der Waals surface area contributed by atoms with Gasteiger partial charge in [-0.2, -0.15) is 0 Å². The van der Waals surface area contributed by atoms with E-state index in [4.69, 9.17) is 5.73 Å². The molecule has 0 aliphatic rings. The number of para-hydroxylation sites is 1. The van der Waals surface area contributed by atoms with Gasteiger partial charge in [0.1, 0.15) is 0 Å². The van der Waals surface area contributed by atoms with Crippen LogP contribution in [-0.2, 0) is 0 Å². The second-order valence-electron chi connectivity index (χ2n) is 5.51. The van der Waals surface area contributed by atoms with Gasteiger partial charge in [-0.1, -0.05) is 38.1 Å². The molecule has 102 valence electrons. The fourth-order valence-electron chi connectivity index (χ4n) is 2.50. The Balaban J connectivity index is 2.31. The molecule has 0 aliphatic heterocycles. The van der Waals surface area contributed by atoms with Crippen molar-refractivity contribution in [1.82, 2.24) is 9.78 Å². The molecule has 3 heteroatoms. The molecular formula is C17H19N3. The van der Waals surface area contributed by atoms with Crippen molar-refractivity contribution in [3.05, 3.63) is 53.6 Å². The lowest BCUT2D eigenvalue weighted by Gasteiger charge is -2.09. The number of hydrogen-bond acceptors (Lipinski definition) is 2. The Morgan fingerprint density at radius 1 is 1.10 bits per heavy atom. The molecule has 2 aromatic carbocycles. The molecule has 20 heavy (non-hydrogen) atoms. The molecule has 0 bridgehead atoms. The molecule has 0 saturated heterocycles. The molecule has 0 unspecified atom stereocenters. The van der Waals surface area contributed by atoms with Gasteiger partial charge in [-0.05, 0) is 42.2 Å². The topological polar surface area (TPSA) is 43.8 Å². The quantitative estimate of drug-likeness (QED) is 0.760. The molecule has 3 nitrogen and oxygen atoms in total. The van der Waals surface area contributed by atoms with Crippen LogP contribution in [0.2, 0.25) is 0 Å². The van der Waals surface area contributed by atoms with Crippen molar-refractivity contribution >= 4 is 16.7 Å². The summed E-state index contributed by atoms with van der Waals surface area (Å²) in [4.78, 5) is 0. The van der Waals surface area contributed by atoms with Crippen LogP contribution in [0.15, 0.2) is 42.5 Å². The summed E-state index contributed by atoms with van der Waals surface area (Å²) in [6, 6.07) is 14.6. The molecule has 3 rings (SSSR count). The first-order chi connectivity index (χ1) is 9.58. The van der Waals surface area contributed by atoms with E-state index in [1.54, 1.807) is 0 Å². The van der Waals surface area contributed by atoms with E-state index in [1.807, 2.05) is 16.8 Å². The summed E-state index contributed by atoms with van der Waals surface area (Å²) >= 11 is 0. The van der Waals surface area contributed by atoms with E-state index < -0.39 is 0 Å². The zero-order valence-electron chi connectivity index (χ0n) is 12.1. The van der Waals surface area contributed by atoms with Gasteiger partial charge in [0.2, 0.25) is 0 Å². The van der Waals surface area contributed by atoms with Gasteiger partial charge >= 0.3 is 0 Å². The first-order valence-corrected chi connectivity index (χ1v) is 6.92. The average Bonchev–Trinajstić information content (AvgIpc) is 2.76. The highest BCUT2D eigenvalue weighted by molar-refractivity contribution is 5.91. The summed E-state index contributed by atoms with van der Waals surface area (Å²) in [7, 11) is 0. The molecule has 0 saturated carbocycles. The van der Waals surface area contributed by atoms with Crippen molar-refractivity contribution < 1.29 is 0 Å². The lowest BCUT2D eigenvalue weighted by atomic mass is 10.0. The number of aryl methyl sites for hydroxylation is 1. The molecule has 0 fully saturated rings. The summed E-state index contributed by atoms with van der Waals surface area (Å²) < 4.78 is 1.95. The number of rotatable bonds is 2. The third-order valence-electron chi connectivity index (χ3n) is 3.74. The fourth-order valence-corrected chi connectivity index (χ4v) is 2.50. The highest BCUT2D eigenvalue weighted by Gasteiger charge is 2.12. The average molecular weight is 265 g/mol. The van der Waals surface area contributed by atoms with Crippen LogP contribution in [-0.4, -0.2) is 9.78 Å². The lowest BCUT2D eigenvalue weighted by Crippen LogP contribution is -2.00. The van der Waals surface area contributed by atoms with Gasteiger partial charge in [0.05, 0.1) is 11.2 Å². The summed E-state index contributed by atoms with van der Waals surface area (Å²) in [5.74, 6) is 1.07. The van der Waals surface area contributed by atoms with Gasteiger partial charge in [-0.3, -0.25) is 0 Å². The molecular weight excluding hydrogens is 246 g/mol. The Morgan fingerprint density at radius 3 is 2.55 bits per heavy atom. The van der Waals surface area contributed by atoms with Crippen LogP contribution in [0.5, 0.6) is 0 Å². The Labute approximate surface area is 119 Å². The Hall–Kier alpha value is -2.29. The van der Waals surface area contributed by atoms with E-state index in [0.717, 1.165) is 16.6 Å². The molecule has 0 aliphatic carbocycles. The summed E-state index contributed by atoms with van der Waals surface area (Å²) in [6.45, 7) is 6.48. The summed E-state index contributed by atoms with van der Waals surface area (Å²) in [5.41, 5.74) is 10.7. The highest BCUT2D eigenvalue weighted by atomic mass is 15.3. The largest absolute Gasteiger partial charge is 0.382 e. The molecule has 0 radical (unpaired) electrons. The zero-order valence-corrected chi connectivity index (χ0v) is 12.1. The number of nitrogens with zero attached hydrogens (tertiary/aromatic N) is 2. The van der Waals surface area contributed by atoms with E-state index in [2.05, 4.69) is 56.2 Å². The van der Waals surface area contributed by atoms with Crippen LogP contribution >= 0.6 is 0 Å². The minimum atomic E-state index is 0.487. The Morgan fingerprint density at radius 2 is 1.85 bits per heavy atom. The third-order valence-corrected chi connectivity index (χ3v) is 3.74. The molecule has 0 atom stereocenters. The maximum atomic E-state index is 6.06. The van der Waals surface area contributed by atoms with E-state index >= 15 is 0 Å². The SMILES string of the molecule is Cc1ccccc1-n1nc(N)c2ccc(C(C)C)cc21. The van der Waals surface area contributed by atoms with Crippen LogP contribution in [0.4, 0.5) is 5.82 Å². The van der Waals surface area contributed by atoms with Crippen LogP contribution < -0.4 is 5.73 Å². The van der Waals surface area contributed by atoms with Crippen molar-refractivity contribution in [1.29, 1.82) is 0 Å². The number of nitrogen functional groups attached to an aromatic ring is 1. The van der Waals surface area contributed by atoms with Gasteiger partial charge in [0.25, 0.3) is 0 Å². The summed E-state index contributed by atoms with van der Waals surface area (Å²) in [6.07, 6.45) is 0. The Kier molecular flexibility index (Phi) is 2.97. The molecule has 1 heterocycles. The molecule has 1 aromatic heterocycles. The van der Waals surface area contributed by atoms with E-state index in [-0.39, 0.29) is 0 Å². The van der Waals surface area contributed by atoms with Crippen molar-refractivity contribution in [3.63, 3.8) is 0 Å². The van der Waals surface area contributed by atoms with Gasteiger partial charge in [0, 0.05) is 5.39 Å². The van der Waals surface area contributed by atoms with Crippen LogP contribution in [0.1, 0.15) is 30.9 Å². The van der Waals surface area contributed by atoms with Gasteiger partial charge in [-0.15, -0.1) is 5.10 Å². The maximum Gasteiger partial charge on any atom is 0.153 e. The second-order valence-corrected chi connectivity index (χ2v) is 5.51. The predicted molar refractivity (Wildman–Crippen MR) is 84.3 cm³/mol.